The smallest absolute Gasteiger partial charge is 0.241 e. The van der Waals surface area contributed by atoms with Crippen LogP contribution in [0.5, 0.6) is 0 Å². The van der Waals surface area contributed by atoms with E-state index in [1.54, 1.807) is 39.1 Å². The summed E-state index contributed by atoms with van der Waals surface area (Å²) in [4.78, 5) is 4.18. The van der Waals surface area contributed by atoms with Gasteiger partial charge in [0.25, 0.3) is 0 Å². The molecule has 0 saturated carbocycles. The standard InChI is InChI=1S/C13H17N3O3S/c1-8-7-15-13(19-8)10(3)16-20(17,18)12-6-4-5-11(14)9(12)2/h4-7,10,16H,14H2,1-3H3. The fourth-order valence-electron chi connectivity index (χ4n) is 1.84. The van der Waals surface area contributed by atoms with Gasteiger partial charge in [-0.2, -0.15) is 4.72 Å². The Kier molecular flexibility index (Phi) is 3.82. The van der Waals surface area contributed by atoms with Gasteiger partial charge in [-0.3, -0.25) is 0 Å². The van der Waals surface area contributed by atoms with Crippen molar-refractivity contribution in [3.8, 4) is 0 Å². The van der Waals surface area contributed by atoms with Crippen molar-refractivity contribution in [2.75, 3.05) is 5.73 Å². The second-order valence-corrected chi connectivity index (χ2v) is 6.30. The van der Waals surface area contributed by atoms with Crippen LogP contribution in [0.25, 0.3) is 0 Å². The molecule has 0 saturated heterocycles. The van der Waals surface area contributed by atoms with E-state index in [1.807, 2.05) is 0 Å². The first kappa shape index (κ1) is 14.5. The molecular weight excluding hydrogens is 278 g/mol. The summed E-state index contributed by atoms with van der Waals surface area (Å²) in [5.74, 6) is 0.957. The van der Waals surface area contributed by atoms with Crippen molar-refractivity contribution in [1.82, 2.24) is 9.71 Å². The highest BCUT2D eigenvalue weighted by Crippen LogP contribution is 2.22. The summed E-state index contributed by atoms with van der Waals surface area (Å²) >= 11 is 0. The van der Waals surface area contributed by atoms with E-state index in [9.17, 15) is 8.42 Å². The fourth-order valence-corrected chi connectivity index (χ4v) is 3.31. The van der Waals surface area contributed by atoms with Crippen LogP contribution in [0.4, 0.5) is 5.69 Å². The minimum absolute atomic E-state index is 0.160. The average Bonchev–Trinajstić information content (AvgIpc) is 2.79. The van der Waals surface area contributed by atoms with Gasteiger partial charge in [-0.25, -0.2) is 13.4 Å². The lowest BCUT2D eigenvalue weighted by Crippen LogP contribution is -2.27. The molecule has 6 nitrogen and oxygen atoms in total. The third-order valence-electron chi connectivity index (χ3n) is 2.96. The van der Waals surface area contributed by atoms with Gasteiger partial charge in [0.15, 0.2) is 0 Å². The van der Waals surface area contributed by atoms with Crippen molar-refractivity contribution < 1.29 is 12.8 Å². The first-order valence-electron chi connectivity index (χ1n) is 6.11. The zero-order valence-corrected chi connectivity index (χ0v) is 12.4. The van der Waals surface area contributed by atoms with E-state index in [1.165, 1.54) is 6.07 Å². The van der Waals surface area contributed by atoms with Crippen molar-refractivity contribution in [3.05, 3.63) is 41.6 Å². The van der Waals surface area contributed by atoms with Crippen molar-refractivity contribution in [2.45, 2.75) is 31.7 Å². The Morgan fingerprint density at radius 1 is 1.35 bits per heavy atom. The number of anilines is 1. The fraction of sp³-hybridized carbons (Fsp3) is 0.308. The molecule has 2 aromatic rings. The van der Waals surface area contributed by atoms with E-state index in [4.69, 9.17) is 10.2 Å². The molecule has 1 unspecified atom stereocenters. The molecule has 0 aliphatic heterocycles. The van der Waals surface area contributed by atoms with Crippen LogP contribution < -0.4 is 10.5 Å². The lowest BCUT2D eigenvalue weighted by atomic mass is 10.2. The van der Waals surface area contributed by atoms with Gasteiger partial charge in [0.1, 0.15) is 5.76 Å². The van der Waals surface area contributed by atoms with E-state index in [2.05, 4.69) is 9.71 Å². The Bertz CT molecular complexity index is 722. The molecule has 2 rings (SSSR count). The zero-order valence-electron chi connectivity index (χ0n) is 11.5. The molecule has 0 radical (unpaired) electrons. The Hall–Kier alpha value is -1.86. The summed E-state index contributed by atoms with van der Waals surface area (Å²) < 4.78 is 32.6. The van der Waals surface area contributed by atoms with E-state index in [0.717, 1.165) is 0 Å². The summed E-state index contributed by atoms with van der Waals surface area (Å²) in [7, 11) is -3.68. The predicted molar refractivity (Wildman–Crippen MR) is 75.6 cm³/mol. The molecule has 0 fully saturated rings. The van der Waals surface area contributed by atoms with E-state index in [0.29, 0.717) is 22.9 Å². The third kappa shape index (κ3) is 2.83. The number of nitrogens with zero attached hydrogens (tertiary/aromatic N) is 1. The Morgan fingerprint density at radius 2 is 2.05 bits per heavy atom. The molecule has 1 aromatic heterocycles. The molecule has 1 heterocycles. The number of nitrogens with two attached hydrogens (primary N) is 1. The maximum Gasteiger partial charge on any atom is 0.241 e. The van der Waals surface area contributed by atoms with Gasteiger partial charge in [-0.1, -0.05) is 6.07 Å². The maximum atomic E-state index is 12.4. The predicted octanol–water partition coefficient (Wildman–Crippen LogP) is 1.91. The van der Waals surface area contributed by atoms with Crippen molar-refractivity contribution in [1.29, 1.82) is 0 Å². The summed E-state index contributed by atoms with van der Waals surface area (Å²) in [6.45, 7) is 5.09. The molecule has 1 aromatic carbocycles. The number of nitrogen functional groups attached to an aromatic ring is 1. The molecule has 7 heteroatoms. The Morgan fingerprint density at radius 3 is 2.65 bits per heavy atom. The lowest BCUT2D eigenvalue weighted by Gasteiger charge is -2.13. The van der Waals surface area contributed by atoms with Gasteiger partial charge < -0.3 is 10.2 Å². The highest BCUT2D eigenvalue weighted by Gasteiger charge is 2.23. The number of nitrogens with one attached hydrogen (secondary N) is 1. The number of hydrogen-bond acceptors (Lipinski definition) is 5. The molecule has 3 N–H and O–H groups in total. The summed E-state index contributed by atoms with van der Waals surface area (Å²) in [6.07, 6.45) is 1.55. The van der Waals surface area contributed by atoms with Crippen LogP contribution >= 0.6 is 0 Å². The molecule has 20 heavy (non-hydrogen) atoms. The molecule has 0 bridgehead atoms. The molecule has 108 valence electrons. The third-order valence-corrected chi connectivity index (χ3v) is 4.64. The SMILES string of the molecule is Cc1cnc(C(C)NS(=O)(=O)c2cccc(N)c2C)o1. The topological polar surface area (TPSA) is 98.2 Å². The van der Waals surface area contributed by atoms with Crippen LogP contribution in [0.3, 0.4) is 0 Å². The molecular formula is C13H17N3O3S. The molecule has 1 atom stereocenters. The number of aromatic nitrogens is 1. The normalized spacial score (nSPS) is 13.3. The Labute approximate surface area is 118 Å². The van der Waals surface area contributed by atoms with E-state index >= 15 is 0 Å². The van der Waals surface area contributed by atoms with E-state index in [-0.39, 0.29) is 4.90 Å². The summed E-state index contributed by atoms with van der Waals surface area (Å²) in [5, 5.41) is 0. The minimum atomic E-state index is -3.68. The summed E-state index contributed by atoms with van der Waals surface area (Å²) in [6, 6.07) is 4.22. The first-order valence-corrected chi connectivity index (χ1v) is 7.59. The van der Waals surface area contributed by atoms with Gasteiger partial charge in [-0.05, 0) is 38.5 Å². The van der Waals surface area contributed by atoms with Crippen molar-refractivity contribution in [2.24, 2.45) is 0 Å². The number of sulfonamides is 1. The van der Waals surface area contributed by atoms with Gasteiger partial charge in [0, 0.05) is 5.69 Å². The summed E-state index contributed by atoms with van der Waals surface area (Å²) in [5.41, 5.74) is 6.70. The molecule has 0 aliphatic rings. The second-order valence-electron chi connectivity index (χ2n) is 4.62. The molecule has 0 spiro atoms. The zero-order chi connectivity index (χ0) is 14.9. The maximum absolute atomic E-state index is 12.4. The molecule has 0 aliphatic carbocycles. The van der Waals surface area contributed by atoms with Crippen molar-refractivity contribution >= 4 is 15.7 Å². The van der Waals surface area contributed by atoms with Crippen LogP contribution in [0.1, 0.15) is 30.2 Å². The quantitative estimate of drug-likeness (QED) is 0.840. The number of aryl methyl sites for hydroxylation is 1. The van der Waals surface area contributed by atoms with Gasteiger partial charge in [-0.15, -0.1) is 0 Å². The largest absolute Gasteiger partial charge is 0.444 e. The van der Waals surface area contributed by atoms with Crippen LogP contribution in [0.2, 0.25) is 0 Å². The highest BCUT2D eigenvalue weighted by atomic mass is 32.2. The Balaban J connectivity index is 2.30. The van der Waals surface area contributed by atoms with Crippen LogP contribution in [-0.4, -0.2) is 13.4 Å². The van der Waals surface area contributed by atoms with Gasteiger partial charge >= 0.3 is 0 Å². The van der Waals surface area contributed by atoms with E-state index < -0.39 is 16.1 Å². The molecule has 0 amide bonds. The lowest BCUT2D eigenvalue weighted by molar-refractivity contribution is 0.427. The minimum Gasteiger partial charge on any atom is -0.444 e. The second kappa shape index (κ2) is 5.26. The average molecular weight is 295 g/mol. The van der Waals surface area contributed by atoms with Crippen LogP contribution in [-0.2, 0) is 10.0 Å². The number of benzene rings is 1. The number of hydrogen-bond donors (Lipinski definition) is 2. The highest BCUT2D eigenvalue weighted by molar-refractivity contribution is 7.89. The monoisotopic (exact) mass is 295 g/mol. The van der Waals surface area contributed by atoms with Crippen molar-refractivity contribution in [3.63, 3.8) is 0 Å². The van der Waals surface area contributed by atoms with Crippen LogP contribution in [0.15, 0.2) is 33.7 Å². The van der Waals surface area contributed by atoms with Crippen LogP contribution in [0, 0.1) is 13.8 Å². The first-order chi connectivity index (χ1) is 9.31. The van der Waals surface area contributed by atoms with Gasteiger partial charge in [0.05, 0.1) is 17.1 Å². The number of oxazole rings is 1. The number of rotatable bonds is 4. The van der Waals surface area contributed by atoms with Gasteiger partial charge in [0.2, 0.25) is 15.9 Å².